The molecular formula is C31H37F3N6O3. The Bertz CT molecular complexity index is 1380. The number of halogens is 3. The Hall–Kier alpha value is -4.35. The molecule has 1 saturated heterocycles. The smallest absolute Gasteiger partial charge is 0.416 e. The molecule has 2 N–H and O–H groups in total. The normalized spacial score (nSPS) is 17.0. The molecule has 2 aliphatic heterocycles. The first-order valence-corrected chi connectivity index (χ1v) is 14.2. The van der Waals surface area contributed by atoms with Crippen LogP contribution in [0.5, 0.6) is 5.75 Å². The highest BCUT2D eigenvalue weighted by Crippen LogP contribution is 2.34. The van der Waals surface area contributed by atoms with E-state index in [2.05, 4.69) is 32.1 Å². The number of nitrogens with zero attached hydrogens (tertiary/aromatic N) is 4. The third kappa shape index (κ3) is 7.74. The minimum absolute atomic E-state index is 0.0202. The summed E-state index contributed by atoms with van der Waals surface area (Å²) in [5.74, 6) is 1.49. The topological polar surface area (TPSA) is 99.7 Å². The van der Waals surface area contributed by atoms with E-state index < -0.39 is 11.7 Å². The lowest BCUT2D eigenvalue weighted by Crippen LogP contribution is -2.49. The monoisotopic (exact) mass is 598 g/mol. The Labute approximate surface area is 249 Å². The molecule has 1 fully saturated rings. The van der Waals surface area contributed by atoms with E-state index in [0.29, 0.717) is 43.7 Å². The van der Waals surface area contributed by atoms with Crippen LogP contribution < -0.4 is 20.3 Å². The molecule has 0 radical (unpaired) electrons. The second-order valence-corrected chi connectivity index (χ2v) is 10.4. The summed E-state index contributed by atoms with van der Waals surface area (Å²) in [6.45, 7) is 6.78. The fraction of sp³-hybridized carbons (Fsp3) is 0.419. The van der Waals surface area contributed by atoms with E-state index in [1.54, 1.807) is 7.11 Å². The van der Waals surface area contributed by atoms with Gasteiger partial charge in [-0.3, -0.25) is 4.79 Å². The predicted molar refractivity (Wildman–Crippen MR) is 159 cm³/mol. The molecule has 3 amide bonds. The maximum atomic E-state index is 13.7. The van der Waals surface area contributed by atoms with Gasteiger partial charge in [0.1, 0.15) is 17.9 Å². The van der Waals surface area contributed by atoms with Crippen molar-refractivity contribution in [3.05, 3.63) is 77.3 Å². The molecule has 3 heterocycles. The molecular weight excluding hydrogens is 561 g/mol. The largest absolute Gasteiger partial charge is 0.497 e. The van der Waals surface area contributed by atoms with Crippen LogP contribution in [0.15, 0.2) is 66.0 Å². The maximum absolute atomic E-state index is 13.7. The summed E-state index contributed by atoms with van der Waals surface area (Å²) < 4.78 is 46.4. The fourth-order valence-electron chi connectivity index (χ4n) is 5.68. The number of anilines is 2. The predicted octanol–water partition coefficient (Wildman–Crippen LogP) is 5.21. The molecule has 0 bridgehead atoms. The number of alkyl halides is 3. The van der Waals surface area contributed by atoms with Crippen molar-refractivity contribution in [2.45, 2.75) is 51.2 Å². The van der Waals surface area contributed by atoms with Gasteiger partial charge in [0.25, 0.3) is 0 Å². The summed E-state index contributed by atoms with van der Waals surface area (Å²) in [6.07, 6.45) is 2.56. The molecule has 2 aliphatic rings. The van der Waals surface area contributed by atoms with E-state index in [1.807, 2.05) is 29.2 Å². The standard InChI is InChI=1S/C31H37F3N6O3/c1-4-21(26(18-35-20-41)27(5-2)31(32,33)34)6-7-23-17-29(37-19-36-23)39-13-11-24(12-14-39)40-15-10-22-16-25(43-3)8-9-28(22)38-30(40)42/h4-5,8-9,16-17,19-20,24H,1,6-7,10-15,18H2,2-3H3,(H,35,41)(H,38,42)/b26-21+,27-5+. The highest BCUT2D eigenvalue weighted by molar-refractivity contribution is 5.91. The average molecular weight is 599 g/mol. The number of nitrogens with one attached hydrogen (secondary N) is 2. The summed E-state index contributed by atoms with van der Waals surface area (Å²) in [4.78, 5) is 36.7. The quantitative estimate of drug-likeness (QED) is 0.272. The molecule has 0 aliphatic carbocycles. The van der Waals surface area contributed by atoms with Crippen molar-refractivity contribution in [1.82, 2.24) is 20.2 Å². The van der Waals surface area contributed by atoms with Gasteiger partial charge in [0, 0.05) is 49.7 Å². The molecule has 1 aromatic carbocycles. The number of fused-ring (bicyclic) bond motifs is 1. The van der Waals surface area contributed by atoms with Crippen LogP contribution in [0.4, 0.5) is 29.5 Å². The molecule has 1 aromatic heterocycles. The van der Waals surface area contributed by atoms with Gasteiger partial charge in [-0.05, 0) is 73.9 Å². The zero-order valence-corrected chi connectivity index (χ0v) is 24.4. The Morgan fingerprint density at radius 3 is 2.63 bits per heavy atom. The number of urea groups is 1. The minimum Gasteiger partial charge on any atom is -0.497 e. The first-order chi connectivity index (χ1) is 20.7. The van der Waals surface area contributed by atoms with Crippen molar-refractivity contribution in [2.24, 2.45) is 0 Å². The van der Waals surface area contributed by atoms with E-state index >= 15 is 0 Å². The molecule has 2 aromatic rings. The van der Waals surface area contributed by atoms with E-state index in [9.17, 15) is 22.8 Å². The summed E-state index contributed by atoms with van der Waals surface area (Å²) in [5, 5.41) is 5.39. The Kier molecular flexibility index (Phi) is 10.4. The van der Waals surface area contributed by atoms with Crippen LogP contribution in [0, 0.1) is 0 Å². The highest BCUT2D eigenvalue weighted by Gasteiger charge is 2.36. The van der Waals surface area contributed by atoms with E-state index in [4.69, 9.17) is 4.74 Å². The van der Waals surface area contributed by atoms with Crippen molar-refractivity contribution in [1.29, 1.82) is 0 Å². The van der Waals surface area contributed by atoms with Crippen molar-refractivity contribution in [3.8, 4) is 5.75 Å². The van der Waals surface area contributed by atoms with Gasteiger partial charge < -0.3 is 25.2 Å². The Balaban J connectivity index is 1.40. The number of carbonyl (C=O) groups is 2. The number of hydrogen-bond acceptors (Lipinski definition) is 6. The number of carbonyl (C=O) groups excluding carboxylic acids is 2. The Morgan fingerprint density at radius 2 is 1.98 bits per heavy atom. The second-order valence-electron chi connectivity index (χ2n) is 10.4. The van der Waals surface area contributed by atoms with Crippen LogP contribution in [0.1, 0.15) is 37.4 Å². The number of amides is 3. The lowest BCUT2D eigenvalue weighted by atomic mass is 9.95. The molecule has 0 saturated carbocycles. The van der Waals surface area contributed by atoms with Crippen LogP contribution in [0.3, 0.4) is 0 Å². The van der Waals surface area contributed by atoms with Crippen LogP contribution in [0.25, 0.3) is 0 Å². The van der Waals surface area contributed by atoms with E-state index in [-0.39, 0.29) is 30.6 Å². The molecule has 12 heteroatoms. The number of methoxy groups -OCH3 is 1. The molecule has 4 rings (SSSR count). The maximum Gasteiger partial charge on any atom is 0.416 e. The van der Waals surface area contributed by atoms with Crippen molar-refractivity contribution in [2.75, 3.05) is 43.5 Å². The zero-order chi connectivity index (χ0) is 31.0. The summed E-state index contributed by atoms with van der Waals surface area (Å²) in [6, 6.07) is 7.50. The third-order valence-electron chi connectivity index (χ3n) is 7.94. The van der Waals surface area contributed by atoms with Crippen LogP contribution in [-0.2, 0) is 17.6 Å². The van der Waals surface area contributed by atoms with Gasteiger partial charge in [-0.1, -0.05) is 18.7 Å². The highest BCUT2D eigenvalue weighted by atomic mass is 19.4. The second kappa shape index (κ2) is 14.2. The number of aryl methyl sites for hydroxylation is 1. The zero-order valence-electron chi connectivity index (χ0n) is 24.4. The summed E-state index contributed by atoms with van der Waals surface area (Å²) >= 11 is 0. The Morgan fingerprint density at radius 1 is 1.21 bits per heavy atom. The van der Waals surface area contributed by atoms with Crippen LogP contribution in [-0.4, -0.2) is 72.8 Å². The lowest BCUT2D eigenvalue weighted by molar-refractivity contribution is -0.109. The van der Waals surface area contributed by atoms with Gasteiger partial charge >= 0.3 is 12.2 Å². The molecule has 43 heavy (non-hydrogen) atoms. The van der Waals surface area contributed by atoms with Gasteiger partial charge in [-0.25, -0.2) is 14.8 Å². The number of allylic oxidation sites excluding steroid dienone is 3. The lowest BCUT2D eigenvalue weighted by Gasteiger charge is -2.38. The van der Waals surface area contributed by atoms with E-state index in [1.165, 1.54) is 19.3 Å². The van der Waals surface area contributed by atoms with Gasteiger partial charge in [0.2, 0.25) is 6.41 Å². The van der Waals surface area contributed by atoms with Gasteiger partial charge in [-0.2, -0.15) is 13.2 Å². The van der Waals surface area contributed by atoms with Crippen molar-refractivity contribution in [3.63, 3.8) is 0 Å². The fourth-order valence-corrected chi connectivity index (χ4v) is 5.68. The molecule has 0 atom stereocenters. The first kappa shape index (κ1) is 31.6. The molecule has 0 spiro atoms. The van der Waals surface area contributed by atoms with Gasteiger partial charge in [0.05, 0.1) is 12.7 Å². The summed E-state index contributed by atoms with van der Waals surface area (Å²) in [5.41, 5.74) is 2.10. The van der Waals surface area contributed by atoms with Crippen molar-refractivity contribution >= 4 is 23.9 Å². The summed E-state index contributed by atoms with van der Waals surface area (Å²) in [7, 11) is 1.62. The minimum atomic E-state index is -4.57. The first-order valence-electron chi connectivity index (χ1n) is 14.2. The van der Waals surface area contributed by atoms with Crippen molar-refractivity contribution < 1.29 is 27.5 Å². The van der Waals surface area contributed by atoms with Crippen LogP contribution >= 0.6 is 0 Å². The number of aromatic nitrogens is 2. The van der Waals surface area contributed by atoms with E-state index in [0.717, 1.165) is 48.2 Å². The van der Waals surface area contributed by atoms with Crippen LogP contribution in [0.2, 0.25) is 0 Å². The van der Waals surface area contributed by atoms with Gasteiger partial charge in [0.15, 0.2) is 0 Å². The molecule has 0 unspecified atom stereocenters. The molecule has 9 nitrogen and oxygen atoms in total. The number of ether oxygens (including phenoxy) is 1. The number of rotatable bonds is 11. The molecule has 230 valence electrons. The third-order valence-corrected chi connectivity index (χ3v) is 7.94. The average Bonchev–Trinajstić information content (AvgIpc) is 3.17. The number of piperidine rings is 1. The number of hydrogen-bond donors (Lipinski definition) is 2. The number of benzene rings is 1. The van der Waals surface area contributed by atoms with Gasteiger partial charge in [-0.15, -0.1) is 0 Å². The SMILES string of the molecule is C=C/C(CCc1cc(N2CCC(N3CCc4cc(OC)ccc4NC3=O)CC2)ncn1)=C(CNC=O)\C(=C/C)C(F)(F)F.